The average molecular weight is 293 g/mol. The predicted octanol–water partition coefficient (Wildman–Crippen LogP) is 3.74. The molecule has 1 aromatic carbocycles. The smallest absolute Gasteiger partial charge is 0.227 e. The van der Waals surface area contributed by atoms with Crippen molar-refractivity contribution in [3.05, 3.63) is 54.6 Å². The number of nitrogens with one attached hydrogen (secondary N) is 1. The first-order valence-electron chi connectivity index (χ1n) is 7.32. The van der Waals surface area contributed by atoms with Crippen LogP contribution in [0.3, 0.4) is 0 Å². The average Bonchev–Trinajstić information content (AvgIpc) is 2.90. The van der Waals surface area contributed by atoms with Gasteiger partial charge in [0.05, 0.1) is 17.6 Å². The number of nitrogens with zero attached hydrogens (tertiary/aromatic N) is 4. The maximum Gasteiger partial charge on any atom is 0.227 e. The number of benzene rings is 1. The van der Waals surface area contributed by atoms with Crippen molar-refractivity contribution in [3.8, 4) is 11.4 Å². The van der Waals surface area contributed by atoms with Crippen LogP contribution < -0.4 is 5.32 Å². The van der Waals surface area contributed by atoms with Gasteiger partial charge in [0.25, 0.3) is 0 Å². The van der Waals surface area contributed by atoms with Crippen molar-refractivity contribution in [2.45, 2.75) is 19.8 Å². The number of aromatic nitrogens is 4. The highest BCUT2D eigenvalue weighted by Crippen LogP contribution is 2.22. The Morgan fingerprint density at radius 2 is 1.82 bits per heavy atom. The van der Waals surface area contributed by atoms with E-state index in [4.69, 9.17) is 0 Å². The molecule has 0 saturated heterocycles. The molecule has 0 aliphatic rings. The monoisotopic (exact) mass is 293 g/mol. The van der Waals surface area contributed by atoms with E-state index in [1.807, 2.05) is 49.6 Å². The van der Waals surface area contributed by atoms with E-state index in [0.29, 0.717) is 11.9 Å². The fourth-order valence-electron chi connectivity index (χ4n) is 2.41. The van der Waals surface area contributed by atoms with Crippen LogP contribution in [0.15, 0.2) is 48.8 Å². The summed E-state index contributed by atoms with van der Waals surface area (Å²) in [6.45, 7) is 4.27. The molecule has 5 heteroatoms. The molecule has 2 heterocycles. The van der Waals surface area contributed by atoms with Gasteiger partial charge in [-0.25, -0.2) is 15.0 Å². The van der Waals surface area contributed by atoms with Crippen LogP contribution in [0, 0.1) is 0 Å². The molecule has 0 spiro atoms. The second kappa shape index (κ2) is 5.97. The van der Waals surface area contributed by atoms with Crippen LogP contribution in [-0.2, 0) is 7.05 Å². The van der Waals surface area contributed by atoms with Crippen molar-refractivity contribution in [3.63, 3.8) is 0 Å². The van der Waals surface area contributed by atoms with Gasteiger partial charge >= 0.3 is 0 Å². The first-order chi connectivity index (χ1) is 10.6. The summed E-state index contributed by atoms with van der Waals surface area (Å²) in [4.78, 5) is 13.4. The first kappa shape index (κ1) is 14.3. The van der Waals surface area contributed by atoms with Crippen LogP contribution in [-0.4, -0.2) is 19.5 Å². The van der Waals surface area contributed by atoms with Gasteiger partial charge in [0.15, 0.2) is 0 Å². The molecule has 22 heavy (non-hydrogen) atoms. The van der Waals surface area contributed by atoms with Crippen molar-refractivity contribution in [2.24, 2.45) is 7.05 Å². The van der Waals surface area contributed by atoms with Crippen LogP contribution in [0.4, 0.5) is 11.6 Å². The molecule has 0 amide bonds. The molecule has 0 atom stereocenters. The fourth-order valence-corrected chi connectivity index (χ4v) is 2.41. The van der Waals surface area contributed by atoms with E-state index < -0.39 is 0 Å². The normalized spacial score (nSPS) is 10.9. The Bertz CT molecular complexity index is 762. The number of rotatable bonds is 4. The molecular weight excluding hydrogens is 274 g/mol. The summed E-state index contributed by atoms with van der Waals surface area (Å²) in [5.41, 5.74) is 2.81. The summed E-state index contributed by atoms with van der Waals surface area (Å²) in [6.07, 6.45) is 3.62. The largest absolute Gasteiger partial charge is 0.330 e. The Balaban J connectivity index is 1.91. The van der Waals surface area contributed by atoms with E-state index in [1.54, 1.807) is 6.20 Å². The van der Waals surface area contributed by atoms with Crippen LogP contribution in [0.5, 0.6) is 0 Å². The Morgan fingerprint density at radius 1 is 1.05 bits per heavy atom. The third-order valence-electron chi connectivity index (χ3n) is 3.49. The minimum atomic E-state index is 0.377. The number of hydrogen-bond donors (Lipinski definition) is 1. The molecule has 0 aliphatic carbocycles. The van der Waals surface area contributed by atoms with Gasteiger partial charge in [-0.2, -0.15) is 0 Å². The molecule has 3 aromatic rings. The molecule has 0 fully saturated rings. The summed E-state index contributed by atoms with van der Waals surface area (Å²) in [7, 11) is 2.02. The zero-order valence-corrected chi connectivity index (χ0v) is 13.0. The quantitative estimate of drug-likeness (QED) is 0.796. The predicted molar refractivity (Wildman–Crippen MR) is 88.0 cm³/mol. The van der Waals surface area contributed by atoms with E-state index in [1.165, 1.54) is 0 Å². The van der Waals surface area contributed by atoms with Gasteiger partial charge in [-0.3, -0.25) is 0 Å². The number of imidazole rings is 1. The lowest BCUT2D eigenvalue weighted by Gasteiger charge is -2.09. The van der Waals surface area contributed by atoms with Gasteiger partial charge in [-0.15, -0.1) is 0 Å². The van der Waals surface area contributed by atoms with Crippen LogP contribution >= 0.6 is 0 Å². The lowest BCUT2D eigenvalue weighted by atomic mass is 10.2. The van der Waals surface area contributed by atoms with Gasteiger partial charge in [0.1, 0.15) is 5.82 Å². The van der Waals surface area contributed by atoms with Gasteiger partial charge in [-0.05, 0) is 18.2 Å². The Labute approximate surface area is 130 Å². The van der Waals surface area contributed by atoms with Crippen molar-refractivity contribution in [2.75, 3.05) is 5.32 Å². The molecule has 0 saturated carbocycles. The van der Waals surface area contributed by atoms with Crippen LogP contribution in [0.1, 0.15) is 25.6 Å². The van der Waals surface area contributed by atoms with E-state index in [9.17, 15) is 0 Å². The van der Waals surface area contributed by atoms with Crippen molar-refractivity contribution >= 4 is 11.6 Å². The molecule has 0 unspecified atom stereocenters. The molecule has 0 aliphatic heterocycles. The summed E-state index contributed by atoms with van der Waals surface area (Å²) >= 11 is 0. The molecule has 3 rings (SSSR count). The molecule has 0 bridgehead atoms. The molecule has 2 aromatic heterocycles. The summed E-state index contributed by atoms with van der Waals surface area (Å²) in [5.74, 6) is 2.00. The van der Waals surface area contributed by atoms with E-state index in [2.05, 4.69) is 38.7 Å². The highest BCUT2D eigenvalue weighted by molar-refractivity contribution is 5.59. The highest BCUT2D eigenvalue weighted by Gasteiger charge is 2.12. The Kier molecular flexibility index (Phi) is 3.87. The van der Waals surface area contributed by atoms with E-state index in [0.717, 1.165) is 22.9 Å². The maximum atomic E-state index is 4.59. The highest BCUT2D eigenvalue weighted by atomic mass is 15.1. The molecular formula is C17H19N5. The lowest BCUT2D eigenvalue weighted by molar-refractivity contribution is 0.713. The topological polar surface area (TPSA) is 55.6 Å². The maximum absolute atomic E-state index is 4.59. The van der Waals surface area contributed by atoms with Crippen LogP contribution in [0.2, 0.25) is 0 Å². The van der Waals surface area contributed by atoms with Crippen molar-refractivity contribution < 1.29 is 0 Å². The first-order valence-corrected chi connectivity index (χ1v) is 7.32. The molecule has 112 valence electrons. The summed E-state index contributed by atoms with van der Waals surface area (Å²) in [5, 5.41) is 3.21. The van der Waals surface area contributed by atoms with Gasteiger partial charge in [0.2, 0.25) is 5.95 Å². The van der Waals surface area contributed by atoms with E-state index in [-0.39, 0.29) is 0 Å². The van der Waals surface area contributed by atoms with Crippen molar-refractivity contribution in [1.82, 2.24) is 19.5 Å². The SMILES string of the molecule is CC(C)c1ncc(-c2ccnc(Nc3ccccc3)n2)n1C. The van der Waals surface area contributed by atoms with E-state index >= 15 is 0 Å². The Hall–Kier alpha value is -2.69. The molecule has 0 radical (unpaired) electrons. The van der Waals surface area contributed by atoms with Gasteiger partial charge in [0, 0.05) is 24.8 Å². The second-order valence-electron chi connectivity index (χ2n) is 5.47. The minimum absolute atomic E-state index is 0.377. The fraction of sp³-hybridized carbons (Fsp3) is 0.235. The molecule has 1 N–H and O–H groups in total. The summed E-state index contributed by atoms with van der Waals surface area (Å²) < 4.78 is 2.08. The summed E-state index contributed by atoms with van der Waals surface area (Å²) in [6, 6.07) is 11.8. The van der Waals surface area contributed by atoms with Crippen molar-refractivity contribution in [1.29, 1.82) is 0 Å². The second-order valence-corrected chi connectivity index (χ2v) is 5.47. The standard InChI is InChI=1S/C17H19N5/c1-12(2)16-19-11-15(22(16)3)14-9-10-18-17(21-14)20-13-7-5-4-6-8-13/h4-12H,1-3H3,(H,18,20,21). The zero-order chi connectivity index (χ0) is 15.5. The minimum Gasteiger partial charge on any atom is -0.330 e. The number of hydrogen-bond acceptors (Lipinski definition) is 4. The van der Waals surface area contributed by atoms with Gasteiger partial charge in [-0.1, -0.05) is 32.0 Å². The lowest BCUT2D eigenvalue weighted by Crippen LogP contribution is -2.03. The van der Waals surface area contributed by atoms with Gasteiger partial charge < -0.3 is 9.88 Å². The molecule has 5 nitrogen and oxygen atoms in total. The van der Waals surface area contributed by atoms with Crippen LogP contribution in [0.25, 0.3) is 11.4 Å². The zero-order valence-electron chi connectivity index (χ0n) is 13.0. The third-order valence-corrected chi connectivity index (χ3v) is 3.49. The number of anilines is 2. The third kappa shape index (κ3) is 2.83. The Morgan fingerprint density at radius 3 is 2.50 bits per heavy atom. The number of para-hydroxylation sites is 1.